The molecule has 1 unspecified atom stereocenters. The highest BCUT2D eigenvalue weighted by Crippen LogP contribution is 2.19. The van der Waals surface area contributed by atoms with Crippen molar-refractivity contribution >= 4 is 41.3 Å². The van der Waals surface area contributed by atoms with Gasteiger partial charge in [0.15, 0.2) is 5.96 Å². The average Bonchev–Trinajstić information content (AvgIpc) is 3.13. The molecule has 0 aromatic carbocycles. The molecule has 2 heterocycles. The molecule has 1 fully saturated rings. The largest absolute Gasteiger partial charge is 0.356 e. The molecule has 1 aromatic rings. The Bertz CT molecular complexity index is 470. The van der Waals surface area contributed by atoms with Gasteiger partial charge in [-0.05, 0) is 62.7 Å². The molecule has 25 heavy (non-hydrogen) atoms. The predicted molar refractivity (Wildman–Crippen MR) is 122 cm³/mol. The van der Waals surface area contributed by atoms with Crippen molar-refractivity contribution in [1.82, 2.24) is 15.5 Å². The Morgan fingerprint density at radius 3 is 2.72 bits per heavy atom. The Morgan fingerprint density at radius 1 is 1.32 bits per heavy atom. The lowest BCUT2D eigenvalue weighted by molar-refractivity contribution is 0.189. The van der Waals surface area contributed by atoms with Gasteiger partial charge in [0.05, 0.1) is 0 Å². The molecule has 144 valence electrons. The summed E-state index contributed by atoms with van der Waals surface area (Å²) in [4.78, 5) is 8.37. The van der Waals surface area contributed by atoms with Crippen molar-refractivity contribution in [2.24, 2.45) is 10.9 Å². The summed E-state index contributed by atoms with van der Waals surface area (Å²) in [5.74, 6) is 2.36. The molecule has 0 bridgehead atoms. The average molecular weight is 478 g/mol. The maximum absolute atomic E-state index is 4.32. The van der Waals surface area contributed by atoms with Crippen LogP contribution in [0.3, 0.4) is 0 Å². The summed E-state index contributed by atoms with van der Waals surface area (Å²) in [7, 11) is 1.85. The second kappa shape index (κ2) is 12.9. The highest BCUT2D eigenvalue weighted by atomic mass is 127. The van der Waals surface area contributed by atoms with E-state index in [9.17, 15) is 0 Å². The number of halogens is 1. The SMILES string of the molecule is CN=C(NCCCCN1CCC(C)CC1)NCC(C)c1cccs1.I. The lowest BCUT2D eigenvalue weighted by atomic mass is 9.99. The van der Waals surface area contributed by atoms with E-state index in [2.05, 4.69) is 51.9 Å². The normalized spacial score (nSPS) is 17.8. The van der Waals surface area contributed by atoms with Gasteiger partial charge in [0.25, 0.3) is 0 Å². The second-order valence-corrected chi connectivity index (χ2v) is 8.01. The van der Waals surface area contributed by atoms with Gasteiger partial charge < -0.3 is 15.5 Å². The number of hydrogen-bond donors (Lipinski definition) is 2. The van der Waals surface area contributed by atoms with E-state index in [1.54, 1.807) is 0 Å². The van der Waals surface area contributed by atoms with Gasteiger partial charge in [0.2, 0.25) is 0 Å². The number of aliphatic imine (C=N–C) groups is 1. The van der Waals surface area contributed by atoms with E-state index in [1.165, 1.54) is 50.2 Å². The molecule has 2 rings (SSSR count). The molecule has 1 aliphatic heterocycles. The molecule has 1 aliphatic rings. The predicted octanol–water partition coefficient (Wildman–Crippen LogP) is 4.15. The molecular weight excluding hydrogens is 443 g/mol. The summed E-state index contributed by atoms with van der Waals surface area (Å²) >= 11 is 1.82. The first-order valence-corrected chi connectivity index (χ1v) is 10.3. The van der Waals surface area contributed by atoms with Crippen molar-refractivity contribution in [3.63, 3.8) is 0 Å². The lowest BCUT2D eigenvalue weighted by Crippen LogP contribution is -2.39. The zero-order valence-corrected chi connectivity index (χ0v) is 19.1. The zero-order valence-electron chi connectivity index (χ0n) is 16.0. The number of rotatable bonds is 8. The van der Waals surface area contributed by atoms with Gasteiger partial charge in [0.1, 0.15) is 0 Å². The minimum absolute atomic E-state index is 0. The standard InChI is InChI=1S/C19H34N4S.HI/c1-16-8-12-23(13-9-16)11-5-4-10-21-19(20-3)22-15-17(2)18-7-6-14-24-18;/h6-7,14,16-17H,4-5,8-13,15H2,1-3H3,(H2,20,21,22);1H. The van der Waals surface area contributed by atoms with Crippen LogP contribution in [0.5, 0.6) is 0 Å². The molecule has 2 N–H and O–H groups in total. The van der Waals surface area contributed by atoms with Crippen LogP contribution in [0.15, 0.2) is 22.5 Å². The van der Waals surface area contributed by atoms with Crippen LogP contribution >= 0.6 is 35.3 Å². The highest BCUT2D eigenvalue weighted by molar-refractivity contribution is 14.0. The Hall–Kier alpha value is -0.340. The Balaban J connectivity index is 0.00000312. The van der Waals surface area contributed by atoms with Gasteiger partial charge in [-0.25, -0.2) is 0 Å². The number of nitrogens with one attached hydrogen (secondary N) is 2. The van der Waals surface area contributed by atoms with Crippen molar-refractivity contribution in [3.8, 4) is 0 Å². The van der Waals surface area contributed by atoms with E-state index in [4.69, 9.17) is 0 Å². The topological polar surface area (TPSA) is 39.7 Å². The first-order chi connectivity index (χ1) is 11.7. The summed E-state index contributed by atoms with van der Waals surface area (Å²) in [6.07, 6.45) is 5.21. The van der Waals surface area contributed by atoms with Crippen molar-refractivity contribution in [3.05, 3.63) is 22.4 Å². The monoisotopic (exact) mass is 478 g/mol. The van der Waals surface area contributed by atoms with E-state index in [0.29, 0.717) is 5.92 Å². The van der Waals surface area contributed by atoms with Gasteiger partial charge in [-0.2, -0.15) is 0 Å². The number of hydrogen-bond acceptors (Lipinski definition) is 3. The molecule has 1 atom stereocenters. The van der Waals surface area contributed by atoms with Gasteiger partial charge in [0, 0.05) is 30.9 Å². The Morgan fingerprint density at radius 2 is 2.08 bits per heavy atom. The summed E-state index contributed by atoms with van der Waals surface area (Å²) in [5, 5.41) is 9.02. The maximum Gasteiger partial charge on any atom is 0.190 e. The third kappa shape index (κ3) is 8.73. The van der Waals surface area contributed by atoms with Crippen LogP contribution in [-0.2, 0) is 0 Å². The highest BCUT2D eigenvalue weighted by Gasteiger charge is 2.14. The van der Waals surface area contributed by atoms with Crippen molar-refractivity contribution < 1.29 is 0 Å². The van der Waals surface area contributed by atoms with E-state index in [-0.39, 0.29) is 24.0 Å². The smallest absolute Gasteiger partial charge is 0.190 e. The number of thiophene rings is 1. The third-order valence-electron chi connectivity index (χ3n) is 4.90. The summed E-state index contributed by atoms with van der Waals surface area (Å²) in [5.41, 5.74) is 0. The Kier molecular flexibility index (Phi) is 11.7. The molecule has 0 radical (unpaired) electrons. The van der Waals surface area contributed by atoms with Crippen LogP contribution in [-0.4, -0.2) is 50.6 Å². The van der Waals surface area contributed by atoms with Crippen LogP contribution in [0.1, 0.15) is 50.3 Å². The molecule has 0 aliphatic carbocycles. The molecule has 4 nitrogen and oxygen atoms in total. The van der Waals surface area contributed by atoms with Crippen LogP contribution in [0.2, 0.25) is 0 Å². The van der Waals surface area contributed by atoms with Crippen molar-refractivity contribution in [2.75, 3.05) is 39.8 Å². The number of nitrogens with zero attached hydrogens (tertiary/aromatic N) is 2. The number of piperidine rings is 1. The van der Waals surface area contributed by atoms with E-state index < -0.39 is 0 Å². The maximum atomic E-state index is 4.32. The van der Waals surface area contributed by atoms with Crippen molar-refractivity contribution in [2.45, 2.75) is 45.4 Å². The quantitative estimate of drug-likeness (QED) is 0.255. The molecule has 6 heteroatoms. The molecule has 0 amide bonds. The van der Waals surface area contributed by atoms with Crippen LogP contribution in [0, 0.1) is 5.92 Å². The summed E-state index contributed by atoms with van der Waals surface area (Å²) in [6.45, 7) is 10.4. The fraction of sp³-hybridized carbons (Fsp3) is 0.737. The second-order valence-electron chi connectivity index (χ2n) is 7.03. The third-order valence-corrected chi connectivity index (χ3v) is 6.00. The van der Waals surface area contributed by atoms with Gasteiger partial charge >= 0.3 is 0 Å². The number of guanidine groups is 1. The number of unbranched alkanes of at least 4 members (excludes halogenated alkanes) is 1. The zero-order chi connectivity index (χ0) is 17.2. The summed E-state index contributed by atoms with van der Waals surface area (Å²) < 4.78 is 0. The fourth-order valence-electron chi connectivity index (χ4n) is 3.10. The Labute approximate surface area is 174 Å². The molecule has 0 spiro atoms. The molecular formula is C19H35IN4S. The van der Waals surface area contributed by atoms with Crippen molar-refractivity contribution in [1.29, 1.82) is 0 Å². The minimum atomic E-state index is 0. The van der Waals surface area contributed by atoms with Crippen LogP contribution in [0.25, 0.3) is 0 Å². The van der Waals surface area contributed by atoms with Crippen LogP contribution in [0.4, 0.5) is 0 Å². The van der Waals surface area contributed by atoms with E-state index >= 15 is 0 Å². The fourth-order valence-corrected chi connectivity index (χ4v) is 3.88. The minimum Gasteiger partial charge on any atom is -0.356 e. The summed E-state index contributed by atoms with van der Waals surface area (Å²) in [6, 6.07) is 4.32. The van der Waals surface area contributed by atoms with Gasteiger partial charge in [-0.1, -0.05) is 19.9 Å². The molecule has 1 saturated heterocycles. The van der Waals surface area contributed by atoms with Gasteiger partial charge in [-0.3, -0.25) is 4.99 Å². The first-order valence-electron chi connectivity index (χ1n) is 9.39. The molecule has 1 aromatic heterocycles. The van der Waals surface area contributed by atoms with Crippen LogP contribution < -0.4 is 10.6 Å². The lowest BCUT2D eigenvalue weighted by Gasteiger charge is -2.30. The first kappa shape index (κ1) is 22.7. The molecule has 0 saturated carbocycles. The van der Waals surface area contributed by atoms with E-state index in [1.807, 2.05) is 18.4 Å². The van der Waals surface area contributed by atoms with Gasteiger partial charge in [-0.15, -0.1) is 35.3 Å². The van der Waals surface area contributed by atoms with E-state index in [0.717, 1.165) is 25.0 Å². The number of likely N-dealkylation sites (tertiary alicyclic amines) is 1.